The van der Waals surface area contributed by atoms with Crippen LogP contribution in [0.1, 0.15) is 0 Å². The largest absolute Gasteiger partial charge is 0.480 e. The van der Waals surface area contributed by atoms with Crippen LogP contribution >= 0.6 is 0 Å². The minimum absolute atomic E-state index is 0.137. The second-order valence-electron chi connectivity index (χ2n) is 1.73. The number of nitrogens with zero attached hydrogens (tertiary/aromatic N) is 2. The molecule has 0 saturated carbocycles. The third kappa shape index (κ3) is 2.81. The predicted molar refractivity (Wildman–Crippen MR) is 37.5 cm³/mol. The van der Waals surface area contributed by atoms with Crippen molar-refractivity contribution in [2.24, 2.45) is 4.99 Å². The molecule has 0 aromatic carbocycles. The second-order valence-corrected chi connectivity index (χ2v) is 1.73. The van der Waals surface area contributed by atoms with E-state index in [1.54, 1.807) is 0 Å². The van der Waals surface area contributed by atoms with Gasteiger partial charge in [0, 0.05) is 7.05 Å². The average Bonchev–Trinajstić information content (AvgIpc) is 1.85. The van der Waals surface area contributed by atoms with Gasteiger partial charge in [-0.2, -0.15) is 0 Å². The number of rotatable bonds is 2. The normalized spacial score (nSPS) is 8.50. The number of hydrogen-bond donors (Lipinski definition) is 2. The molecule has 10 heavy (non-hydrogen) atoms. The Kier molecular flexibility index (Phi) is 3.10. The van der Waals surface area contributed by atoms with Crippen LogP contribution in [0.2, 0.25) is 0 Å². The average molecular weight is 143 g/mol. The third-order valence-corrected chi connectivity index (χ3v) is 0.884. The van der Waals surface area contributed by atoms with Crippen LogP contribution in [-0.4, -0.2) is 42.2 Å². The number of carboxylic acid groups (broad SMARTS) is 1. The van der Waals surface area contributed by atoms with Gasteiger partial charge >= 0.3 is 5.97 Å². The molecule has 0 heterocycles. The van der Waals surface area contributed by atoms with Crippen molar-refractivity contribution in [3.63, 3.8) is 0 Å². The van der Waals surface area contributed by atoms with Crippen molar-refractivity contribution in [2.45, 2.75) is 0 Å². The highest BCUT2D eigenvalue weighted by Crippen LogP contribution is 1.84. The van der Waals surface area contributed by atoms with Gasteiger partial charge in [0.1, 0.15) is 6.54 Å². The van der Waals surface area contributed by atoms with Crippen LogP contribution in [0.15, 0.2) is 4.99 Å². The van der Waals surface area contributed by atoms with Crippen LogP contribution in [0, 0.1) is 5.41 Å². The Hall–Kier alpha value is -1.39. The van der Waals surface area contributed by atoms with E-state index in [-0.39, 0.29) is 12.5 Å². The number of likely N-dealkylation sites (N-methyl/N-ethyl adjacent to an activating group) is 1. The first-order valence-electron chi connectivity index (χ1n) is 2.56. The monoisotopic (exact) mass is 143 g/mol. The lowest BCUT2D eigenvalue weighted by molar-refractivity contribution is -0.137. The summed E-state index contributed by atoms with van der Waals surface area (Å²) in [7, 11) is 1.46. The molecule has 0 spiro atoms. The molecule has 0 radical (unpaired) electrons. The first-order chi connectivity index (χ1) is 4.57. The SMILES string of the molecule is C=NC(=N)N(C)CC(=O)O. The molecule has 0 bridgehead atoms. The van der Waals surface area contributed by atoms with Gasteiger partial charge < -0.3 is 10.0 Å². The highest BCUT2D eigenvalue weighted by molar-refractivity contribution is 5.84. The van der Waals surface area contributed by atoms with Gasteiger partial charge in [0.25, 0.3) is 0 Å². The summed E-state index contributed by atoms with van der Waals surface area (Å²) in [5.74, 6) is -1.13. The number of guanidine groups is 1. The molecule has 0 rings (SSSR count). The Morgan fingerprint density at radius 2 is 2.40 bits per heavy atom. The van der Waals surface area contributed by atoms with E-state index in [0.717, 1.165) is 0 Å². The second kappa shape index (κ2) is 3.60. The molecule has 0 aromatic heterocycles. The van der Waals surface area contributed by atoms with Crippen LogP contribution in [-0.2, 0) is 4.79 Å². The van der Waals surface area contributed by atoms with E-state index in [2.05, 4.69) is 11.7 Å². The van der Waals surface area contributed by atoms with Crippen molar-refractivity contribution >= 4 is 18.6 Å². The fourth-order valence-corrected chi connectivity index (χ4v) is 0.398. The molecule has 0 unspecified atom stereocenters. The lowest BCUT2D eigenvalue weighted by Crippen LogP contribution is -2.29. The number of aliphatic imine (C=N–C) groups is 1. The van der Waals surface area contributed by atoms with Crippen molar-refractivity contribution in [1.29, 1.82) is 5.41 Å². The molecule has 0 aliphatic carbocycles. The molecule has 0 saturated heterocycles. The summed E-state index contributed by atoms with van der Waals surface area (Å²) in [4.78, 5) is 14.4. The van der Waals surface area contributed by atoms with Crippen molar-refractivity contribution in [2.75, 3.05) is 13.6 Å². The van der Waals surface area contributed by atoms with Crippen molar-refractivity contribution in [1.82, 2.24) is 4.90 Å². The molecule has 5 nitrogen and oxygen atoms in total. The summed E-state index contributed by atoms with van der Waals surface area (Å²) in [5, 5.41) is 15.2. The summed E-state index contributed by atoms with van der Waals surface area (Å²) in [5.41, 5.74) is 0. The Balaban J connectivity index is 3.84. The maximum atomic E-state index is 10.0. The molecule has 5 heteroatoms. The molecular weight excluding hydrogens is 134 g/mol. The smallest absolute Gasteiger partial charge is 0.323 e. The molecule has 0 atom stereocenters. The molecule has 0 amide bonds. The van der Waals surface area contributed by atoms with Gasteiger partial charge in [-0.15, -0.1) is 0 Å². The molecular formula is C5H9N3O2. The first kappa shape index (κ1) is 8.61. The fourth-order valence-electron chi connectivity index (χ4n) is 0.398. The third-order valence-electron chi connectivity index (χ3n) is 0.884. The van der Waals surface area contributed by atoms with E-state index in [1.165, 1.54) is 11.9 Å². The van der Waals surface area contributed by atoms with Gasteiger partial charge in [-0.05, 0) is 6.72 Å². The van der Waals surface area contributed by atoms with Crippen molar-refractivity contribution in [3.8, 4) is 0 Å². The number of aliphatic carboxylic acids is 1. The Morgan fingerprint density at radius 1 is 1.90 bits per heavy atom. The predicted octanol–water partition coefficient (Wildman–Crippen LogP) is -0.362. The maximum Gasteiger partial charge on any atom is 0.323 e. The molecule has 0 aliphatic rings. The van der Waals surface area contributed by atoms with Crippen LogP contribution < -0.4 is 0 Å². The minimum Gasteiger partial charge on any atom is -0.480 e. The van der Waals surface area contributed by atoms with Gasteiger partial charge in [0.2, 0.25) is 5.96 Å². The summed E-state index contributed by atoms with van der Waals surface area (Å²) in [6.45, 7) is 2.86. The molecule has 0 aromatic rings. The maximum absolute atomic E-state index is 10.0. The summed E-state index contributed by atoms with van der Waals surface area (Å²) < 4.78 is 0. The Bertz CT molecular complexity index is 166. The van der Waals surface area contributed by atoms with Gasteiger partial charge in [0.15, 0.2) is 0 Å². The van der Waals surface area contributed by atoms with E-state index < -0.39 is 5.97 Å². The Labute approximate surface area is 58.5 Å². The lowest BCUT2D eigenvalue weighted by atomic mass is 10.6. The van der Waals surface area contributed by atoms with Crippen molar-refractivity contribution < 1.29 is 9.90 Å². The van der Waals surface area contributed by atoms with E-state index in [9.17, 15) is 4.79 Å². The number of hydrogen-bond acceptors (Lipinski definition) is 2. The van der Waals surface area contributed by atoms with Crippen molar-refractivity contribution in [3.05, 3.63) is 0 Å². The zero-order chi connectivity index (χ0) is 8.15. The van der Waals surface area contributed by atoms with Gasteiger partial charge in [-0.3, -0.25) is 10.2 Å². The fraction of sp³-hybridized carbons (Fsp3) is 0.400. The molecule has 0 aliphatic heterocycles. The minimum atomic E-state index is -0.990. The van der Waals surface area contributed by atoms with Gasteiger partial charge in [-0.25, -0.2) is 4.99 Å². The highest BCUT2D eigenvalue weighted by atomic mass is 16.4. The Morgan fingerprint density at radius 3 is 2.70 bits per heavy atom. The zero-order valence-electron chi connectivity index (χ0n) is 5.66. The summed E-state index contributed by atoms with van der Waals surface area (Å²) in [6, 6.07) is 0. The van der Waals surface area contributed by atoms with E-state index in [4.69, 9.17) is 10.5 Å². The van der Waals surface area contributed by atoms with E-state index >= 15 is 0 Å². The highest BCUT2D eigenvalue weighted by Gasteiger charge is 2.05. The van der Waals surface area contributed by atoms with Crippen LogP contribution in [0.5, 0.6) is 0 Å². The quantitative estimate of drug-likeness (QED) is 0.409. The van der Waals surface area contributed by atoms with Crippen LogP contribution in [0.25, 0.3) is 0 Å². The van der Waals surface area contributed by atoms with Gasteiger partial charge in [-0.1, -0.05) is 0 Å². The first-order valence-corrected chi connectivity index (χ1v) is 2.56. The zero-order valence-corrected chi connectivity index (χ0v) is 5.66. The lowest BCUT2D eigenvalue weighted by Gasteiger charge is -2.12. The van der Waals surface area contributed by atoms with E-state index in [1.807, 2.05) is 0 Å². The van der Waals surface area contributed by atoms with Crippen LogP contribution in [0.4, 0.5) is 0 Å². The topological polar surface area (TPSA) is 76.8 Å². The van der Waals surface area contributed by atoms with Crippen LogP contribution in [0.3, 0.4) is 0 Å². The van der Waals surface area contributed by atoms with Gasteiger partial charge in [0.05, 0.1) is 0 Å². The number of carboxylic acids is 1. The molecule has 56 valence electrons. The van der Waals surface area contributed by atoms with E-state index in [0.29, 0.717) is 0 Å². The number of nitrogens with one attached hydrogen (secondary N) is 1. The standard InChI is InChI=1S/C5H9N3O2/c1-7-5(6)8(2)3-4(9)10/h6H,1,3H2,2H3,(H,9,10). The molecule has 0 fully saturated rings. The summed E-state index contributed by atoms with van der Waals surface area (Å²) in [6.07, 6.45) is 0. The summed E-state index contributed by atoms with van der Waals surface area (Å²) >= 11 is 0. The molecule has 2 N–H and O–H groups in total. The number of carbonyl (C=O) groups is 1.